The molecule has 3 heterocycles. The van der Waals surface area contributed by atoms with E-state index in [0.717, 1.165) is 24.9 Å². The molecule has 0 saturated carbocycles. The lowest BCUT2D eigenvalue weighted by molar-refractivity contribution is 0.197. The zero-order valence-corrected chi connectivity index (χ0v) is 12.0. The van der Waals surface area contributed by atoms with E-state index >= 15 is 0 Å². The smallest absolute Gasteiger partial charge is 0.222 e. The lowest BCUT2D eigenvalue weighted by Gasteiger charge is -2.38. The van der Waals surface area contributed by atoms with Crippen LogP contribution in [0.3, 0.4) is 0 Å². The maximum atomic E-state index is 10.2. The number of fused-ring (bicyclic) bond motifs is 1. The van der Waals surface area contributed by atoms with Gasteiger partial charge < -0.3 is 10.0 Å². The molecule has 0 bridgehead atoms. The molecule has 1 aliphatic heterocycles. The molecule has 22 heavy (non-hydrogen) atoms. The van der Waals surface area contributed by atoms with Crippen molar-refractivity contribution >= 4 is 11.5 Å². The van der Waals surface area contributed by atoms with Crippen LogP contribution in [-0.2, 0) is 5.54 Å². The van der Waals surface area contributed by atoms with Gasteiger partial charge in [-0.1, -0.05) is 30.3 Å². The lowest BCUT2D eigenvalue weighted by Crippen LogP contribution is -2.45. The summed E-state index contributed by atoms with van der Waals surface area (Å²) in [5.41, 5.74) is 1.23. The van der Waals surface area contributed by atoms with E-state index < -0.39 is 5.54 Å². The van der Waals surface area contributed by atoms with Crippen LogP contribution in [0.2, 0.25) is 0 Å². The number of aliphatic hydroxyl groups is 1. The zero-order valence-electron chi connectivity index (χ0n) is 12.0. The molecule has 4 rings (SSSR count). The third-order valence-corrected chi connectivity index (χ3v) is 4.41. The Bertz CT molecular complexity index is 789. The Morgan fingerprint density at radius 2 is 2.09 bits per heavy atom. The van der Waals surface area contributed by atoms with Gasteiger partial charge in [0.15, 0.2) is 5.82 Å². The molecule has 112 valence electrons. The molecule has 1 aromatic carbocycles. The van der Waals surface area contributed by atoms with Crippen molar-refractivity contribution in [1.82, 2.24) is 25.0 Å². The van der Waals surface area contributed by atoms with E-state index in [1.165, 1.54) is 0 Å². The highest BCUT2D eigenvalue weighted by atomic mass is 16.3. The predicted octanol–water partition coefficient (Wildman–Crippen LogP) is 1.01. The minimum Gasteiger partial charge on any atom is -0.394 e. The number of anilines is 1. The van der Waals surface area contributed by atoms with Crippen molar-refractivity contribution in [3.8, 4) is 0 Å². The molecule has 1 fully saturated rings. The van der Waals surface area contributed by atoms with Gasteiger partial charge in [0.1, 0.15) is 0 Å². The molecule has 1 aliphatic rings. The van der Waals surface area contributed by atoms with Gasteiger partial charge in [-0.2, -0.15) is 4.52 Å². The second kappa shape index (κ2) is 5.03. The average molecular weight is 296 g/mol. The molecule has 0 radical (unpaired) electrons. The van der Waals surface area contributed by atoms with Crippen molar-refractivity contribution in [2.75, 3.05) is 18.1 Å². The van der Waals surface area contributed by atoms with Crippen molar-refractivity contribution in [3.63, 3.8) is 0 Å². The zero-order chi connectivity index (χ0) is 15.0. The standard InChI is InChI=1S/C15H16N6O/c22-11-15(12-5-2-1-3-6-12)7-4-9-20(15)13-14-17-18-19-21(14)10-8-16-13/h1-3,5-6,8,10,22H,4,7,9,11H2. The highest BCUT2D eigenvalue weighted by Gasteiger charge is 2.43. The first kappa shape index (κ1) is 13.1. The van der Waals surface area contributed by atoms with Crippen molar-refractivity contribution in [2.24, 2.45) is 0 Å². The number of hydrogen-bond acceptors (Lipinski definition) is 6. The Kier molecular flexibility index (Phi) is 3.00. The van der Waals surface area contributed by atoms with E-state index in [0.29, 0.717) is 11.5 Å². The molecule has 7 heteroatoms. The topological polar surface area (TPSA) is 79.4 Å². The summed E-state index contributed by atoms with van der Waals surface area (Å²) >= 11 is 0. The van der Waals surface area contributed by atoms with Crippen molar-refractivity contribution in [3.05, 3.63) is 48.3 Å². The van der Waals surface area contributed by atoms with Gasteiger partial charge in [0.2, 0.25) is 5.65 Å². The summed E-state index contributed by atoms with van der Waals surface area (Å²) in [6.45, 7) is 0.844. The van der Waals surface area contributed by atoms with Crippen LogP contribution in [0.25, 0.3) is 5.65 Å². The van der Waals surface area contributed by atoms with Gasteiger partial charge in [-0.05, 0) is 28.8 Å². The summed E-state index contributed by atoms with van der Waals surface area (Å²) in [7, 11) is 0. The van der Waals surface area contributed by atoms with Gasteiger partial charge in [0, 0.05) is 12.7 Å². The Morgan fingerprint density at radius 3 is 2.91 bits per heavy atom. The highest BCUT2D eigenvalue weighted by Crippen LogP contribution is 2.41. The number of aliphatic hydroxyl groups excluding tert-OH is 1. The van der Waals surface area contributed by atoms with Gasteiger partial charge in [-0.25, -0.2) is 4.98 Å². The van der Waals surface area contributed by atoms with E-state index in [4.69, 9.17) is 0 Å². The number of tetrazole rings is 1. The van der Waals surface area contributed by atoms with Crippen molar-refractivity contribution < 1.29 is 5.11 Å². The van der Waals surface area contributed by atoms with Gasteiger partial charge in [-0.3, -0.25) is 0 Å². The Balaban J connectivity index is 1.88. The SMILES string of the molecule is OCC1(c2ccccc2)CCCN1c1nccn2nnnc12. The van der Waals surface area contributed by atoms with Crippen LogP contribution in [0.5, 0.6) is 0 Å². The third-order valence-electron chi connectivity index (χ3n) is 4.41. The molecule has 7 nitrogen and oxygen atoms in total. The first-order chi connectivity index (χ1) is 10.8. The van der Waals surface area contributed by atoms with Gasteiger partial charge in [-0.15, -0.1) is 5.10 Å². The molecule has 3 aromatic rings. The summed E-state index contributed by atoms with van der Waals surface area (Å²) in [5.74, 6) is 0.711. The predicted molar refractivity (Wildman–Crippen MR) is 80.4 cm³/mol. The molecule has 0 amide bonds. The molecular formula is C15H16N6O. The summed E-state index contributed by atoms with van der Waals surface area (Å²) in [4.78, 5) is 6.61. The monoisotopic (exact) mass is 296 g/mol. The largest absolute Gasteiger partial charge is 0.394 e. The fourth-order valence-electron chi connectivity index (χ4n) is 3.35. The van der Waals surface area contributed by atoms with Gasteiger partial charge in [0.05, 0.1) is 18.3 Å². The molecule has 1 N–H and O–H groups in total. The number of hydrogen-bond donors (Lipinski definition) is 1. The average Bonchev–Trinajstić information content (AvgIpc) is 3.22. The number of nitrogens with zero attached hydrogens (tertiary/aromatic N) is 6. The quantitative estimate of drug-likeness (QED) is 0.777. The Labute approximate surface area is 127 Å². The molecular weight excluding hydrogens is 280 g/mol. The lowest BCUT2D eigenvalue weighted by atomic mass is 9.88. The summed E-state index contributed by atoms with van der Waals surface area (Å²) in [6, 6.07) is 10.1. The normalized spacial score (nSPS) is 21.6. The van der Waals surface area contributed by atoms with Crippen molar-refractivity contribution in [1.29, 1.82) is 0 Å². The third kappa shape index (κ3) is 1.79. The van der Waals surface area contributed by atoms with E-state index in [9.17, 15) is 5.11 Å². The molecule has 1 unspecified atom stereocenters. The highest BCUT2D eigenvalue weighted by molar-refractivity contribution is 5.65. The summed E-state index contributed by atoms with van der Waals surface area (Å²) in [5, 5.41) is 21.9. The van der Waals surface area contributed by atoms with Crippen LogP contribution in [0, 0.1) is 0 Å². The molecule has 1 saturated heterocycles. The van der Waals surface area contributed by atoms with Gasteiger partial charge >= 0.3 is 0 Å². The minimum absolute atomic E-state index is 0.0291. The van der Waals surface area contributed by atoms with Crippen LogP contribution in [0.1, 0.15) is 18.4 Å². The molecule has 0 spiro atoms. The fourth-order valence-corrected chi connectivity index (χ4v) is 3.35. The maximum Gasteiger partial charge on any atom is 0.222 e. The van der Waals surface area contributed by atoms with E-state index in [2.05, 4.69) is 37.5 Å². The number of benzene rings is 1. The van der Waals surface area contributed by atoms with E-state index in [1.807, 2.05) is 18.2 Å². The minimum atomic E-state index is -0.470. The Hall–Kier alpha value is -2.54. The fraction of sp³-hybridized carbons (Fsp3) is 0.333. The van der Waals surface area contributed by atoms with Crippen molar-refractivity contribution in [2.45, 2.75) is 18.4 Å². The molecule has 1 atom stereocenters. The van der Waals surface area contributed by atoms with Crippen LogP contribution >= 0.6 is 0 Å². The van der Waals surface area contributed by atoms with Gasteiger partial charge in [0.25, 0.3) is 0 Å². The first-order valence-electron chi connectivity index (χ1n) is 7.32. The first-order valence-corrected chi connectivity index (χ1v) is 7.32. The summed E-state index contributed by atoms with van der Waals surface area (Å²) in [6.07, 6.45) is 5.26. The molecule has 2 aromatic heterocycles. The van der Waals surface area contributed by atoms with Crippen LogP contribution < -0.4 is 4.90 Å². The Morgan fingerprint density at radius 1 is 1.23 bits per heavy atom. The number of rotatable bonds is 3. The van der Waals surface area contributed by atoms with E-state index in [-0.39, 0.29) is 6.61 Å². The number of aromatic nitrogens is 5. The second-order valence-electron chi connectivity index (χ2n) is 5.51. The molecule has 0 aliphatic carbocycles. The maximum absolute atomic E-state index is 10.2. The van der Waals surface area contributed by atoms with Crippen LogP contribution in [0.15, 0.2) is 42.7 Å². The summed E-state index contributed by atoms with van der Waals surface area (Å²) < 4.78 is 1.60. The second-order valence-corrected chi connectivity index (χ2v) is 5.51. The van der Waals surface area contributed by atoms with E-state index in [1.54, 1.807) is 16.9 Å². The van der Waals surface area contributed by atoms with Crippen LogP contribution in [-0.4, -0.2) is 43.3 Å². The van der Waals surface area contributed by atoms with Crippen LogP contribution in [0.4, 0.5) is 5.82 Å².